The second kappa shape index (κ2) is 5.33. The van der Waals surface area contributed by atoms with Crippen molar-refractivity contribution < 1.29 is 9.18 Å². The Morgan fingerprint density at radius 3 is 2.59 bits per heavy atom. The molecule has 1 fully saturated rings. The molecule has 134 valence electrons. The molecule has 27 heavy (non-hydrogen) atoms. The second-order valence-corrected chi connectivity index (χ2v) is 6.97. The number of rotatable bonds is 1. The van der Waals surface area contributed by atoms with Gasteiger partial charge in [0.1, 0.15) is 11.5 Å². The molecule has 0 aliphatic carbocycles. The lowest BCUT2D eigenvalue weighted by Crippen LogP contribution is -2.51. The predicted molar refractivity (Wildman–Crippen MR) is 97.5 cm³/mol. The van der Waals surface area contributed by atoms with E-state index < -0.39 is 17.0 Å². The maximum atomic E-state index is 13.3. The largest absolute Gasteiger partial charge is 0.300 e. The Morgan fingerprint density at radius 2 is 1.81 bits per heavy atom. The third kappa shape index (κ3) is 2.11. The first kappa shape index (κ1) is 15.9. The topological polar surface area (TPSA) is 68.1 Å². The van der Waals surface area contributed by atoms with Crippen molar-refractivity contribution in [3.63, 3.8) is 0 Å². The SMILES string of the molecule is CC12CCC(=O)N1c1ccccc1-c1nc(=O)c(-c3ccc(F)cc3)nn12. The van der Waals surface area contributed by atoms with Gasteiger partial charge in [-0.15, -0.1) is 0 Å². The highest BCUT2D eigenvalue weighted by atomic mass is 19.1. The molecule has 2 aliphatic rings. The molecule has 0 N–H and O–H groups in total. The molecule has 2 aliphatic heterocycles. The number of carbonyl (C=O) groups excluding carboxylic acids is 1. The van der Waals surface area contributed by atoms with Crippen LogP contribution in [0.5, 0.6) is 0 Å². The summed E-state index contributed by atoms with van der Waals surface area (Å²) in [6.45, 7) is 1.92. The van der Waals surface area contributed by atoms with Gasteiger partial charge < -0.3 is 0 Å². The summed E-state index contributed by atoms with van der Waals surface area (Å²) in [5, 5.41) is 4.59. The van der Waals surface area contributed by atoms with E-state index in [1.807, 2.05) is 31.2 Å². The zero-order valence-electron chi connectivity index (χ0n) is 14.5. The summed E-state index contributed by atoms with van der Waals surface area (Å²) >= 11 is 0. The fourth-order valence-corrected chi connectivity index (χ4v) is 3.97. The molecule has 1 atom stereocenters. The number of fused-ring (bicyclic) bond motifs is 6. The minimum atomic E-state index is -0.740. The predicted octanol–water partition coefficient (Wildman–Crippen LogP) is 2.92. The Hall–Kier alpha value is -3.35. The number of hydrogen-bond acceptors (Lipinski definition) is 4. The van der Waals surface area contributed by atoms with Gasteiger partial charge in [0.2, 0.25) is 5.91 Å². The molecule has 3 aromatic rings. The highest BCUT2D eigenvalue weighted by Crippen LogP contribution is 2.47. The molecule has 1 amide bonds. The van der Waals surface area contributed by atoms with E-state index in [0.29, 0.717) is 29.8 Å². The van der Waals surface area contributed by atoms with Crippen LogP contribution in [0.15, 0.2) is 53.3 Å². The van der Waals surface area contributed by atoms with Gasteiger partial charge in [0.05, 0.1) is 5.69 Å². The van der Waals surface area contributed by atoms with E-state index in [9.17, 15) is 14.0 Å². The van der Waals surface area contributed by atoms with Crippen molar-refractivity contribution in [2.24, 2.45) is 0 Å². The van der Waals surface area contributed by atoms with Crippen LogP contribution in [-0.2, 0) is 10.5 Å². The van der Waals surface area contributed by atoms with Crippen LogP contribution in [0.4, 0.5) is 10.1 Å². The summed E-state index contributed by atoms with van der Waals surface area (Å²) in [7, 11) is 0. The lowest BCUT2D eigenvalue weighted by molar-refractivity contribution is -0.117. The van der Waals surface area contributed by atoms with Crippen LogP contribution in [0.2, 0.25) is 0 Å². The highest BCUT2D eigenvalue weighted by Gasteiger charge is 2.49. The molecule has 1 unspecified atom stereocenters. The van der Waals surface area contributed by atoms with Crippen molar-refractivity contribution in [2.75, 3.05) is 4.90 Å². The summed E-state index contributed by atoms with van der Waals surface area (Å²) in [5.41, 5.74) is 0.840. The molecule has 0 spiro atoms. The first-order valence-electron chi connectivity index (χ1n) is 8.69. The van der Waals surface area contributed by atoms with Gasteiger partial charge in [0, 0.05) is 24.0 Å². The summed E-state index contributed by atoms with van der Waals surface area (Å²) in [5.74, 6) is 0.0626. The van der Waals surface area contributed by atoms with Crippen LogP contribution in [0.25, 0.3) is 22.6 Å². The number of nitrogens with zero attached hydrogens (tertiary/aromatic N) is 4. The molecule has 6 nitrogen and oxygen atoms in total. The fourth-order valence-electron chi connectivity index (χ4n) is 3.97. The summed E-state index contributed by atoms with van der Waals surface area (Å²) in [6.07, 6.45) is 0.956. The van der Waals surface area contributed by atoms with Gasteiger partial charge in [-0.1, -0.05) is 12.1 Å². The number of amides is 1. The second-order valence-electron chi connectivity index (χ2n) is 6.97. The Kier molecular flexibility index (Phi) is 3.13. The molecule has 0 radical (unpaired) electrons. The van der Waals surface area contributed by atoms with Gasteiger partial charge in [-0.3, -0.25) is 14.5 Å². The van der Waals surface area contributed by atoms with Gasteiger partial charge in [0.25, 0.3) is 5.56 Å². The number of benzene rings is 2. The molecular formula is C20H15FN4O2. The molecule has 1 saturated heterocycles. The number of para-hydroxylation sites is 1. The monoisotopic (exact) mass is 362 g/mol. The smallest absolute Gasteiger partial charge is 0.286 e. The standard InChI is InChI=1S/C20H15FN4O2/c1-20-11-10-16(26)24(20)15-5-3-2-4-14(15)18-22-19(27)17(23-25(18)20)12-6-8-13(21)9-7-12/h2-9H,10-11H2,1H3. The van der Waals surface area contributed by atoms with E-state index in [1.54, 1.807) is 9.58 Å². The van der Waals surface area contributed by atoms with Crippen molar-refractivity contribution in [3.8, 4) is 22.6 Å². The highest BCUT2D eigenvalue weighted by molar-refractivity contribution is 6.01. The average molecular weight is 362 g/mol. The fraction of sp³-hybridized carbons (Fsp3) is 0.200. The van der Waals surface area contributed by atoms with E-state index in [0.717, 1.165) is 5.69 Å². The van der Waals surface area contributed by atoms with Crippen LogP contribution in [-0.4, -0.2) is 20.7 Å². The van der Waals surface area contributed by atoms with Crippen LogP contribution in [0.3, 0.4) is 0 Å². The maximum Gasteiger partial charge on any atom is 0.300 e. The van der Waals surface area contributed by atoms with Crippen molar-refractivity contribution in [3.05, 3.63) is 64.7 Å². The average Bonchev–Trinajstić information content (AvgIpc) is 2.98. The molecule has 7 heteroatoms. The minimum absolute atomic E-state index is 0.0134. The van der Waals surface area contributed by atoms with Crippen molar-refractivity contribution in [1.29, 1.82) is 0 Å². The number of anilines is 1. The van der Waals surface area contributed by atoms with Crippen molar-refractivity contribution >= 4 is 11.6 Å². The van der Waals surface area contributed by atoms with Crippen LogP contribution < -0.4 is 10.5 Å². The van der Waals surface area contributed by atoms with Crippen LogP contribution >= 0.6 is 0 Å². The van der Waals surface area contributed by atoms with Crippen LogP contribution in [0.1, 0.15) is 19.8 Å². The zero-order valence-corrected chi connectivity index (χ0v) is 14.5. The Labute approximate surface area is 153 Å². The number of hydrogen-bond donors (Lipinski definition) is 0. The van der Waals surface area contributed by atoms with Gasteiger partial charge in [0.15, 0.2) is 11.5 Å². The normalized spacial score (nSPS) is 20.2. The minimum Gasteiger partial charge on any atom is -0.286 e. The molecule has 0 bridgehead atoms. The summed E-state index contributed by atoms with van der Waals surface area (Å²) in [6, 6.07) is 13.0. The van der Waals surface area contributed by atoms with Crippen LogP contribution in [0, 0.1) is 5.82 Å². The van der Waals surface area contributed by atoms with E-state index in [-0.39, 0.29) is 11.6 Å². The van der Waals surface area contributed by atoms with Gasteiger partial charge in [-0.2, -0.15) is 10.1 Å². The van der Waals surface area contributed by atoms with E-state index in [4.69, 9.17) is 0 Å². The maximum absolute atomic E-state index is 13.3. The molecule has 5 rings (SSSR count). The Balaban J connectivity index is 1.82. The van der Waals surface area contributed by atoms with Gasteiger partial charge in [-0.05, 0) is 43.3 Å². The van der Waals surface area contributed by atoms with Gasteiger partial charge in [-0.25, -0.2) is 9.07 Å². The first-order valence-corrected chi connectivity index (χ1v) is 8.69. The summed E-state index contributed by atoms with van der Waals surface area (Å²) < 4.78 is 14.9. The Morgan fingerprint density at radius 1 is 1.07 bits per heavy atom. The van der Waals surface area contributed by atoms with E-state index in [2.05, 4.69) is 10.1 Å². The molecule has 3 heterocycles. The number of carbonyl (C=O) groups is 1. The van der Waals surface area contributed by atoms with E-state index in [1.165, 1.54) is 24.3 Å². The Bertz CT molecular complexity index is 1160. The number of aromatic nitrogens is 3. The number of halogens is 1. The lowest BCUT2D eigenvalue weighted by Gasteiger charge is -2.42. The van der Waals surface area contributed by atoms with Gasteiger partial charge >= 0.3 is 0 Å². The van der Waals surface area contributed by atoms with Crippen molar-refractivity contribution in [2.45, 2.75) is 25.4 Å². The molecule has 2 aromatic carbocycles. The molecule has 1 aromatic heterocycles. The third-order valence-electron chi connectivity index (χ3n) is 5.31. The third-order valence-corrected chi connectivity index (χ3v) is 5.31. The zero-order chi connectivity index (χ0) is 18.8. The van der Waals surface area contributed by atoms with Crippen molar-refractivity contribution in [1.82, 2.24) is 14.8 Å². The molecular weight excluding hydrogens is 347 g/mol. The lowest BCUT2D eigenvalue weighted by atomic mass is 10.0. The van der Waals surface area contributed by atoms with E-state index >= 15 is 0 Å². The molecule has 0 saturated carbocycles. The quantitative estimate of drug-likeness (QED) is 0.668. The first-order chi connectivity index (χ1) is 13.0. The summed E-state index contributed by atoms with van der Waals surface area (Å²) in [4.78, 5) is 31.3.